The summed E-state index contributed by atoms with van der Waals surface area (Å²) >= 11 is 4.12. The molecule has 1 fully saturated rings. The zero-order valence-electron chi connectivity index (χ0n) is 52.0. The molecule has 496 valence electrons. The van der Waals surface area contributed by atoms with Crippen molar-refractivity contribution in [2.75, 3.05) is 29.6 Å². The number of amides is 2. The first-order valence-corrected chi connectivity index (χ1v) is 33.0. The van der Waals surface area contributed by atoms with Gasteiger partial charge in [0.05, 0.1) is 33.2 Å². The molecule has 1 saturated heterocycles. The number of aromatic amines is 3. The number of nitrogen functional groups attached to an aromatic ring is 1. The molecule has 0 unspecified atom stereocenters. The van der Waals surface area contributed by atoms with Gasteiger partial charge in [-0.1, -0.05) is 98.4 Å². The lowest BCUT2D eigenvalue weighted by atomic mass is 10.0. The number of aromatic nitrogens is 12. The van der Waals surface area contributed by atoms with Gasteiger partial charge in [0.25, 0.3) is 28.5 Å². The largest absolute Gasteiger partial charge is 0.476 e. The number of anilines is 3. The number of aromatic carboxylic acids is 1. The highest BCUT2D eigenvalue weighted by Crippen LogP contribution is 2.31. The van der Waals surface area contributed by atoms with E-state index < -0.39 is 5.97 Å². The van der Waals surface area contributed by atoms with E-state index in [0.29, 0.717) is 61.0 Å². The van der Waals surface area contributed by atoms with Crippen LogP contribution in [-0.4, -0.2) is 96.6 Å². The highest BCUT2D eigenvalue weighted by atomic mass is 32.1. The SMILES string of the molecule is C.C1CCOC1.Nc1ccc(-c2n[nH]c(=O)c3ccccc23)cc1.O=C(Nc1ccc(-c2n[nH]c(=O)c3ccccc23)cc1)c1csc(-c2ccncc2)n1.O=C(Nc1ccc(-c2n[nH]c(=O)c3ccccc23)cc1)c1csc(-c2ccncc2)n1.O=C(O)c1csc(-c2ccncc2)n1. The van der Waals surface area contributed by atoms with Gasteiger partial charge in [-0.15, -0.1) is 34.0 Å². The Balaban J connectivity index is 0.000000136. The summed E-state index contributed by atoms with van der Waals surface area (Å²) in [4.78, 5) is 96.1. The number of nitrogens with zero attached hydrogens (tertiary/aromatic N) is 9. The molecule has 0 saturated carbocycles. The predicted molar refractivity (Wildman–Crippen MR) is 393 cm³/mol. The molecule has 0 radical (unpaired) electrons. The number of fused-ring (bicyclic) bond motifs is 3. The van der Waals surface area contributed by atoms with Crippen molar-refractivity contribution >= 4 is 101 Å². The lowest BCUT2D eigenvalue weighted by molar-refractivity contribution is 0.0691. The van der Waals surface area contributed by atoms with Gasteiger partial charge >= 0.3 is 5.97 Å². The van der Waals surface area contributed by atoms with Gasteiger partial charge in [0.1, 0.15) is 26.4 Å². The van der Waals surface area contributed by atoms with Crippen LogP contribution < -0.4 is 33.0 Å². The number of hydrogen-bond acceptors (Lipinski definition) is 20. The number of benzene rings is 6. The third-order valence-electron chi connectivity index (χ3n) is 14.9. The normalized spacial score (nSPS) is 11.2. The number of thiazole rings is 3. The first-order chi connectivity index (χ1) is 48.4. The van der Waals surface area contributed by atoms with Crippen LogP contribution >= 0.6 is 34.0 Å². The maximum atomic E-state index is 12.6. The number of carboxylic acid groups (broad SMARTS) is 1. The number of H-pyrrole nitrogens is 3. The molecule has 0 atom stereocenters. The quantitative estimate of drug-likeness (QED) is 0.0592. The van der Waals surface area contributed by atoms with E-state index in [-0.39, 0.29) is 41.6 Å². The molecule has 100 heavy (non-hydrogen) atoms. The predicted octanol–water partition coefficient (Wildman–Crippen LogP) is 14.2. The number of carbonyl (C=O) groups excluding carboxylic acids is 2. The van der Waals surface area contributed by atoms with Crippen LogP contribution in [0.25, 0.3) is 97.8 Å². The summed E-state index contributed by atoms with van der Waals surface area (Å²) in [6, 6.07) is 55.1. The molecule has 0 spiro atoms. The summed E-state index contributed by atoms with van der Waals surface area (Å²) < 4.78 is 4.94. The van der Waals surface area contributed by atoms with E-state index in [0.717, 1.165) is 78.5 Å². The number of nitrogens with one attached hydrogen (secondary N) is 5. The fourth-order valence-corrected chi connectivity index (χ4v) is 12.4. The second kappa shape index (κ2) is 32.8. The number of pyridine rings is 3. The van der Waals surface area contributed by atoms with E-state index in [1.807, 2.05) is 127 Å². The summed E-state index contributed by atoms with van der Waals surface area (Å²) in [7, 11) is 0. The maximum Gasteiger partial charge on any atom is 0.355 e. The van der Waals surface area contributed by atoms with E-state index in [4.69, 9.17) is 15.6 Å². The molecule has 16 rings (SSSR count). The maximum absolute atomic E-state index is 12.6. The average molecular weight is 1380 g/mol. The number of carboxylic acids is 1. The number of ether oxygens (including phenoxy) is 1. The van der Waals surface area contributed by atoms with Crippen LogP contribution in [0.4, 0.5) is 17.1 Å². The fraction of sp³-hybridized carbons (Fsp3) is 0.0676. The number of carbonyl (C=O) groups is 3. The summed E-state index contributed by atoms with van der Waals surface area (Å²) in [5.74, 6) is -1.56. The van der Waals surface area contributed by atoms with Crippen molar-refractivity contribution in [2.24, 2.45) is 0 Å². The number of hydrogen-bond donors (Lipinski definition) is 7. The van der Waals surface area contributed by atoms with Crippen LogP contribution in [0.5, 0.6) is 0 Å². The van der Waals surface area contributed by atoms with E-state index in [9.17, 15) is 28.8 Å². The van der Waals surface area contributed by atoms with Crippen LogP contribution in [0.3, 0.4) is 0 Å². The molecule has 1 aliphatic rings. The molecular formula is C74H59N15O8S3. The van der Waals surface area contributed by atoms with Crippen molar-refractivity contribution in [2.45, 2.75) is 20.3 Å². The van der Waals surface area contributed by atoms with Gasteiger partial charge in [-0.3, -0.25) is 38.9 Å². The summed E-state index contributed by atoms with van der Waals surface area (Å²) in [6.07, 6.45) is 12.6. The summed E-state index contributed by atoms with van der Waals surface area (Å²) in [5.41, 5.74) is 15.2. The van der Waals surface area contributed by atoms with Gasteiger partial charge in [0.15, 0.2) is 5.69 Å². The smallest absolute Gasteiger partial charge is 0.355 e. The minimum absolute atomic E-state index is 0. The van der Waals surface area contributed by atoms with Crippen LogP contribution in [0.1, 0.15) is 51.7 Å². The monoisotopic (exact) mass is 1380 g/mol. The summed E-state index contributed by atoms with van der Waals surface area (Å²) in [5, 5.41) is 45.9. The van der Waals surface area contributed by atoms with Crippen molar-refractivity contribution in [3.05, 3.63) is 283 Å². The Morgan fingerprint density at radius 1 is 0.400 bits per heavy atom. The number of rotatable bonds is 11. The van der Waals surface area contributed by atoms with Gasteiger partial charge in [-0.05, 0) is 104 Å². The standard InChI is InChI=1S/2C23H15N5O2S.C14H11N3O.C9H6N2O2S.C4H8O.CH4/c2*29-21-18-4-2-1-3-17(18)20(27-28-21)14-5-7-16(8-6-14)25-22(30)19-13-31-23(26-19)15-9-11-24-12-10-15;15-10-7-5-9(6-8-10)13-11-3-1-2-4-12(11)14(18)17-16-13;12-9(13)7-5-14-8(11-7)6-1-3-10-4-2-6;1-2-4-5-3-1;/h2*1-13H,(H,25,30)(H,28,29);1-8H,15H2,(H,17,18);1-5H,(H,12,13);1-4H2;1H4. The molecule has 23 nitrogen and oxygen atoms in total. The molecule has 1 aliphatic heterocycles. The first-order valence-electron chi connectivity index (χ1n) is 30.4. The van der Waals surface area contributed by atoms with E-state index in [2.05, 4.69) is 71.1 Å². The van der Waals surface area contributed by atoms with Gasteiger partial charge in [-0.2, -0.15) is 15.3 Å². The Morgan fingerprint density at radius 2 is 0.700 bits per heavy atom. The highest BCUT2D eigenvalue weighted by Gasteiger charge is 2.17. The minimum atomic E-state index is -0.999. The molecule has 0 bridgehead atoms. The van der Waals surface area contributed by atoms with Gasteiger partial charge in [0.2, 0.25) is 0 Å². The molecular weight excluding hydrogens is 1320 g/mol. The van der Waals surface area contributed by atoms with Crippen LogP contribution in [-0.2, 0) is 4.74 Å². The van der Waals surface area contributed by atoms with Crippen LogP contribution in [0, 0.1) is 0 Å². The average Bonchev–Trinajstić information content (AvgIpc) is 1.08. The van der Waals surface area contributed by atoms with Crippen molar-refractivity contribution in [3.63, 3.8) is 0 Å². The summed E-state index contributed by atoms with van der Waals surface area (Å²) in [6.45, 7) is 2.00. The van der Waals surface area contributed by atoms with E-state index in [1.165, 1.54) is 52.2 Å². The lowest BCUT2D eigenvalue weighted by Gasteiger charge is -2.07. The van der Waals surface area contributed by atoms with E-state index >= 15 is 0 Å². The molecule has 0 aliphatic carbocycles. The van der Waals surface area contributed by atoms with Crippen molar-refractivity contribution in [1.29, 1.82) is 0 Å². The molecule has 2 amide bonds. The molecule has 10 heterocycles. The highest BCUT2D eigenvalue weighted by molar-refractivity contribution is 7.14. The molecule has 26 heteroatoms. The third kappa shape index (κ3) is 16.9. The fourth-order valence-electron chi connectivity index (χ4n) is 9.98. The topological polar surface area (TPSA) is 345 Å². The van der Waals surface area contributed by atoms with Crippen LogP contribution in [0.15, 0.2) is 250 Å². The molecule has 8 N–H and O–H groups in total. The van der Waals surface area contributed by atoms with Crippen LogP contribution in [0.2, 0.25) is 0 Å². The Kier molecular flexibility index (Phi) is 22.5. The second-order valence-corrected chi connectivity index (χ2v) is 24.0. The van der Waals surface area contributed by atoms with Gasteiger partial charge in [-0.25, -0.2) is 35.0 Å². The zero-order chi connectivity index (χ0) is 68.5. The lowest BCUT2D eigenvalue weighted by Crippen LogP contribution is -2.12. The minimum Gasteiger partial charge on any atom is -0.476 e. The molecule has 6 aromatic carbocycles. The third-order valence-corrected chi connectivity index (χ3v) is 17.6. The van der Waals surface area contributed by atoms with Crippen molar-refractivity contribution < 1.29 is 24.2 Å². The van der Waals surface area contributed by atoms with Crippen molar-refractivity contribution in [3.8, 4) is 65.5 Å². The van der Waals surface area contributed by atoms with Gasteiger partial charge in [0, 0.05) is 133 Å². The first kappa shape index (κ1) is 68.6. The second-order valence-electron chi connectivity index (χ2n) is 21.5. The Morgan fingerprint density at radius 3 is 1.00 bits per heavy atom. The molecule has 15 aromatic rings. The Labute approximate surface area is 581 Å². The zero-order valence-corrected chi connectivity index (χ0v) is 54.4. The van der Waals surface area contributed by atoms with E-state index in [1.54, 1.807) is 103 Å². The molecule has 9 aromatic heterocycles. The Bertz CT molecular complexity index is 5250. The number of nitrogens with two attached hydrogens (primary N) is 1. The Hall–Kier alpha value is -12.8. The van der Waals surface area contributed by atoms with Gasteiger partial charge < -0.3 is 26.2 Å². The van der Waals surface area contributed by atoms with Crippen molar-refractivity contribution in [1.82, 2.24) is 60.5 Å².